The number of hydrogen-bond donors (Lipinski definition) is 2. The molecule has 6 nitrogen and oxygen atoms in total. The van der Waals surface area contributed by atoms with Gasteiger partial charge in [0.05, 0.1) is 0 Å². The summed E-state index contributed by atoms with van der Waals surface area (Å²) in [5.41, 5.74) is 3.08. The molecule has 1 amide bonds. The molecule has 3 rings (SSSR count). The van der Waals surface area contributed by atoms with Crippen molar-refractivity contribution in [1.82, 2.24) is 10.2 Å². The molecule has 0 aromatic heterocycles. The fourth-order valence-corrected chi connectivity index (χ4v) is 3.81. The van der Waals surface area contributed by atoms with Crippen molar-refractivity contribution in [3.8, 4) is 11.1 Å². The Morgan fingerprint density at radius 2 is 1.73 bits per heavy atom. The van der Waals surface area contributed by atoms with E-state index < -0.39 is 17.6 Å². The van der Waals surface area contributed by atoms with Crippen LogP contribution in [0.25, 0.3) is 11.1 Å². The van der Waals surface area contributed by atoms with Crippen molar-refractivity contribution in [2.75, 3.05) is 26.7 Å². The average Bonchev–Trinajstić information content (AvgIpc) is 3.05. The third kappa shape index (κ3) is 4.54. The van der Waals surface area contributed by atoms with E-state index in [1.165, 1.54) is 6.92 Å². The van der Waals surface area contributed by atoms with E-state index in [0.29, 0.717) is 13.1 Å². The minimum atomic E-state index is -1.42. The molecule has 0 saturated heterocycles. The number of fused-ring (bicyclic) bond motifs is 3. The molecule has 0 unspecified atom stereocenters. The van der Waals surface area contributed by atoms with Crippen molar-refractivity contribution in [1.29, 1.82) is 0 Å². The molecule has 158 valence electrons. The van der Waals surface area contributed by atoms with Crippen molar-refractivity contribution < 1.29 is 19.4 Å². The molecular formula is C24H28N2O4. The van der Waals surface area contributed by atoms with Gasteiger partial charge in [-0.3, -0.25) is 0 Å². The number of benzene rings is 2. The van der Waals surface area contributed by atoms with E-state index in [2.05, 4.69) is 24.0 Å². The quantitative estimate of drug-likeness (QED) is 0.616. The Balaban J connectivity index is 1.66. The standard InChI is InChI=1S/C24H28N2O4/c1-4-14-26(3)15-13-24(2,22(27)28)25-23(29)30-16-21-19-11-7-5-9-17(19)18-10-6-8-12-20(18)21/h4-12,21H,1,13-16H2,2-3H3,(H,25,29)(H,27,28)/t24-/m0/s1. The highest BCUT2D eigenvalue weighted by atomic mass is 16.5. The Labute approximate surface area is 177 Å². The molecule has 1 atom stereocenters. The van der Waals surface area contributed by atoms with Crippen molar-refractivity contribution in [3.05, 3.63) is 72.3 Å². The van der Waals surface area contributed by atoms with Gasteiger partial charge in [-0.1, -0.05) is 54.6 Å². The van der Waals surface area contributed by atoms with Gasteiger partial charge in [-0.25, -0.2) is 9.59 Å². The van der Waals surface area contributed by atoms with Gasteiger partial charge >= 0.3 is 12.1 Å². The number of carbonyl (C=O) groups is 2. The molecule has 0 aliphatic heterocycles. The van der Waals surface area contributed by atoms with Gasteiger partial charge in [0.2, 0.25) is 0 Å². The molecule has 2 aromatic carbocycles. The Morgan fingerprint density at radius 3 is 2.27 bits per heavy atom. The van der Waals surface area contributed by atoms with Crippen LogP contribution < -0.4 is 5.32 Å². The van der Waals surface area contributed by atoms with E-state index >= 15 is 0 Å². The Kier molecular flexibility index (Phi) is 6.57. The Hall–Kier alpha value is -3.12. The zero-order chi connectivity index (χ0) is 21.7. The summed E-state index contributed by atoms with van der Waals surface area (Å²) in [6, 6.07) is 16.1. The van der Waals surface area contributed by atoms with Gasteiger partial charge in [0, 0.05) is 19.0 Å². The lowest BCUT2D eigenvalue weighted by atomic mass is 9.97. The fraction of sp³-hybridized carbons (Fsp3) is 0.333. The molecule has 0 bridgehead atoms. The number of carbonyl (C=O) groups excluding carboxylic acids is 1. The highest BCUT2D eigenvalue weighted by molar-refractivity contribution is 5.84. The summed E-state index contributed by atoms with van der Waals surface area (Å²) < 4.78 is 5.50. The first-order valence-electron chi connectivity index (χ1n) is 10.0. The minimum Gasteiger partial charge on any atom is -0.480 e. The number of hydrogen-bond acceptors (Lipinski definition) is 4. The number of carboxylic acids is 1. The van der Waals surface area contributed by atoms with Gasteiger partial charge in [-0.2, -0.15) is 0 Å². The van der Waals surface area contributed by atoms with Crippen LogP contribution in [0.4, 0.5) is 4.79 Å². The van der Waals surface area contributed by atoms with Gasteiger partial charge in [-0.05, 0) is 42.6 Å². The van der Waals surface area contributed by atoms with Gasteiger partial charge in [0.15, 0.2) is 0 Å². The highest BCUT2D eigenvalue weighted by Crippen LogP contribution is 2.44. The summed E-state index contributed by atoms with van der Waals surface area (Å²) in [4.78, 5) is 26.2. The lowest BCUT2D eigenvalue weighted by Crippen LogP contribution is -2.53. The minimum absolute atomic E-state index is 0.0713. The molecule has 0 heterocycles. The number of ether oxygens (including phenoxy) is 1. The topological polar surface area (TPSA) is 78.9 Å². The summed E-state index contributed by atoms with van der Waals surface area (Å²) in [7, 11) is 1.87. The molecular weight excluding hydrogens is 380 g/mol. The van der Waals surface area contributed by atoms with Gasteiger partial charge in [0.1, 0.15) is 12.1 Å². The Bertz CT molecular complexity index is 897. The monoisotopic (exact) mass is 408 g/mol. The SMILES string of the molecule is C=CCN(C)CC[C@](C)(NC(=O)OCC1c2ccccc2-c2ccccc21)C(=O)O. The van der Waals surface area contributed by atoms with Gasteiger partial charge in [0.25, 0.3) is 0 Å². The largest absolute Gasteiger partial charge is 0.480 e. The van der Waals surface area contributed by atoms with Crippen LogP contribution in [0.1, 0.15) is 30.4 Å². The highest BCUT2D eigenvalue weighted by Gasteiger charge is 2.36. The zero-order valence-electron chi connectivity index (χ0n) is 17.4. The number of aliphatic carboxylic acids is 1. The maximum absolute atomic E-state index is 12.5. The number of nitrogens with one attached hydrogen (secondary N) is 1. The van der Waals surface area contributed by atoms with Crippen molar-refractivity contribution in [2.24, 2.45) is 0 Å². The first-order valence-corrected chi connectivity index (χ1v) is 10.0. The van der Waals surface area contributed by atoms with E-state index in [-0.39, 0.29) is 18.9 Å². The predicted molar refractivity (Wildman–Crippen MR) is 117 cm³/mol. The van der Waals surface area contributed by atoms with Crippen LogP contribution in [0.2, 0.25) is 0 Å². The molecule has 0 saturated carbocycles. The van der Waals surface area contributed by atoms with E-state index in [1.54, 1.807) is 6.08 Å². The van der Waals surface area contributed by atoms with Crippen molar-refractivity contribution in [3.63, 3.8) is 0 Å². The van der Waals surface area contributed by atoms with Crippen LogP contribution in [-0.4, -0.2) is 54.4 Å². The molecule has 6 heteroatoms. The van der Waals surface area contributed by atoms with Crippen LogP contribution in [0.15, 0.2) is 61.2 Å². The smallest absolute Gasteiger partial charge is 0.408 e. The molecule has 30 heavy (non-hydrogen) atoms. The van der Waals surface area contributed by atoms with Crippen LogP contribution in [0.3, 0.4) is 0 Å². The summed E-state index contributed by atoms with van der Waals surface area (Å²) in [5.74, 6) is -1.17. The fourth-order valence-electron chi connectivity index (χ4n) is 3.81. The molecule has 0 radical (unpaired) electrons. The number of rotatable bonds is 9. The predicted octanol–water partition coefficient (Wildman–Crippen LogP) is 3.88. The Morgan fingerprint density at radius 1 is 1.17 bits per heavy atom. The first-order chi connectivity index (χ1) is 14.4. The maximum Gasteiger partial charge on any atom is 0.408 e. The van der Waals surface area contributed by atoms with Crippen LogP contribution in [0.5, 0.6) is 0 Å². The number of nitrogens with zero attached hydrogens (tertiary/aromatic N) is 1. The lowest BCUT2D eigenvalue weighted by Gasteiger charge is -2.28. The third-order valence-corrected chi connectivity index (χ3v) is 5.63. The van der Waals surface area contributed by atoms with E-state index in [1.807, 2.05) is 48.3 Å². The summed E-state index contributed by atoms with van der Waals surface area (Å²) in [5, 5.41) is 12.2. The maximum atomic E-state index is 12.5. The van der Waals surface area contributed by atoms with E-state index in [0.717, 1.165) is 22.3 Å². The molecule has 0 spiro atoms. The van der Waals surface area contributed by atoms with Gasteiger partial charge in [-0.15, -0.1) is 6.58 Å². The molecule has 1 aliphatic rings. The van der Waals surface area contributed by atoms with Crippen LogP contribution in [0, 0.1) is 0 Å². The zero-order valence-corrected chi connectivity index (χ0v) is 17.4. The second-order valence-corrected chi connectivity index (χ2v) is 7.89. The average molecular weight is 408 g/mol. The summed E-state index contributed by atoms with van der Waals surface area (Å²) in [6.45, 7) is 6.46. The number of likely N-dealkylation sites (N-methyl/N-ethyl adjacent to an activating group) is 1. The summed E-state index contributed by atoms with van der Waals surface area (Å²) in [6.07, 6.45) is 1.27. The normalized spacial score (nSPS) is 14.5. The molecule has 2 N–H and O–H groups in total. The number of carboxylic acid groups (broad SMARTS) is 1. The molecule has 0 fully saturated rings. The molecule has 2 aromatic rings. The van der Waals surface area contributed by atoms with Gasteiger partial charge < -0.3 is 20.1 Å². The van der Waals surface area contributed by atoms with E-state index in [9.17, 15) is 14.7 Å². The van der Waals surface area contributed by atoms with Crippen molar-refractivity contribution >= 4 is 12.1 Å². The van der Waals surface area contributed by atoms with E-state index in [4.69, 9.17) is 4.74 Å². The lowest BCUT2D eigenvalue weighted by molar-refractivity contribution is -0.144. The molecule has 1 aliphatic carbocycles. The van der Waals surface area contributed by atoms with Crippen LogP contribution >= 0.6 is 0 Å². The number of alkyl carbamates (subject to hydrolysis) is 1. The summed E-state index contributed by atoms with van der Waals surface area (Å²) >= 11 is 0. The second kappa shape index (κ2) is 9.13. The first kappa shape index (κ1) is 21.6. The van der Waals surface area contributed by atoms with Crippen LogP contribution in [-0.2, 0) is 9.53 Å². The van der Waals surface area contributed by atoms with Crippen molar-refractivity contribution in [2.45, 2.75) is 24.8 Å². The number of amides is 1. The third-order valence-electron chi connectivity index (χ3n) is 5.63. The second-order valence-electron chi connectivity index (χ2n) is 7.89.